The van der Waals surface area contributed by atoms with Crippen LogP contribution in [0.25, 0.3) is 0 Å². The summed E-state index contributed by atoms with van der Waals surface area (Å²) in [6.45, 7) is -0.281. The molecule has 1 heterocycles. The number of carbonyl (C=O) groups is 2. The van der Waals surface area contributed by atoms with Gasteiger partial charge >= 0.3 is 6.18 Å². The first-order valence-electron chi connectivity index (χ1n) is 11.2. The van der Waals surface area contributed by atoms with Crippen LogP contribution in [-0.2, 0) is 38.9 Å². The third-order valence-corrected chi connectivity index (χ3v) is 7.96. The molecule has 2 aromatic carbocycles. The van der Waals surface area contributed by atoms with Gasteiger partial charge in [-0.2, -0.15) is 13.2 Å². The van der Waals surface area contributed by atoms with Crippen molar-refractivity contribution in [3.63, 3.8) is 0 Å². The number of fused-ring (bicyclic) bond motifs is 1. The van der Waals surface area contributed by atoms with E-state index in [9.17, 15) is 31.2 Å². The Labute approximate surface area is 201 Å². The maximum absolute atomic E-state index is 13.0. The second kappa shape index (κ2) is 9.62. The summed E-state index contributed by atoms with van der Waals surface area (Å²) in [5, 5.41) is 0. The molecule has 1 saturated heterocycles. The molecule has 0 radical (unpaired) electrons. The van der Waals surface area contributed by atoms with E-state index in [0.717, 1.165) is 25.0 Å². The Hall–Kier alpha value is -2.92. The number of likely N-dealkylation sites (tertiary alicyclic amines) is 1. The summed E-state index contributed by atoms with van der Waals surface area (Å²) in [4.78, 5) is 26.6. The van der Waals surface area contributed by atoms with Crippen LogP contribution in [-0.4, -0.2) is 32.2 Å². The van der Waals surface area contributed by atoms with Gasteiger partial charge in [-0.1, -0.05) is 31.0 Å². The first-order chi connectivity index (χ1) is 16.5. The zero-order chi connectivity index (χ0) is 25.4. The Kier molecular flexibility index (Phi) is 6.92. The maximum Gasteiger partial charge on any atom is 0.416 e. The van der Waals surface area contributed by atoms with Crippen molar-refractivity contribution in [1.82, 2.24) is 9.62 Å². The molecule has 11 heteroatoms. The van der Waals surface area contributed by atoms with Crippen molar-refractivity contribution in [3.05, 3.63) is 59.2 Å². The number of hydrogen-bond acceptors (Lipinski definition) is 5. The Morgan fingerprint density at radius 1 is 0.971 bits per heavy atom. The van der Waals surface area contributed by atoms with E-state index in [2.05, 4.69) is 4.72 Å². The highest BCUT2D eigenvalue weighted by Crippen LogP contribution is 2.39. The largest absolute Gasteiger partial charge is 0.495 e. The summed E-state index contributed by atoms with van der Waals surface area (Å²) in [5.74, 6) is -0.992. The molecule has 0 aromatic heterocycles. The lowest BCUT2D eigenvalue weighted by atomic mass is 9.81. The number of nitrogens with zero attached hydrogens (tertiary/aromatic N) is 1. The molecular weight excluding hydrogens is 485 g/mol. The normalized spacial score (nSPS) is 20.7. The minimum Gasteiger partial charge on any atom is -0.495 e. The van der Waals surface area contributed by atoms with Gasteiger partial charge in [0.15, 0.2) is 0 Å². The number of alkyl halides is 3. The lowest BCUT2D eigenvalue weighted by Gasteiger charge is -2.19. The lowest BCUT2D eigenvalue weighted by Crippen LogP contribution is -2.30. The van der Waals surface area contributed by atoms with Crippen molar-refractivity contribution in [1.29, 1.82) is 0 Å². The van der Waals surface area contributed by atoms with Gasteiger partial charge in [-0.3, -0.25) is 14.5 Å². The summed E-state index contributed by atoms with van der Waals surface area (Å²) in [5.41, 5.74) is -0.0436. The maximum atomic E-state index is 13.0. The number of imide groups is 1. The summed E-state index contributed by atoms with van der Waals surface area (Å²) in [6.07, 6.45) is -1.31. The monoisotopic (exact) mass is 510 g/mol. The van der Waals surface area contributed by atoms with E-state index >= 15 is 0 Å². The van der Waals surface area contributed by atoms with Crippen LogP contribution in [0.1, 0.15) is 42.4 Å². The van der Waals surface area contributed by atoms with E-state index in [4.69, 9.17) is 4.74 Å². The third kappa shape index (κ3) is 5.20. The van der Waals surface area contributed by atoms with Crippen LogP contribution >= 0.6 is 0 Å². The van der Waals surface area contributed by atoms with Crippen LogP contribution in [0.4, 0.5) is 13.2 Å². The van der Waals surface area contributed by atoms with Crippen molar-refractivity contribution in [2.75, 3.05) is 7.11 Å². The lowest BCUT2D eigenvalue weighted by molar-refractivity contribution is -0.141. The fourth-order valence-electron chi connectivity index (χ4n) is 4.67. The summed E-state index contributed by atoms with van der Waals surface area (Å²) in [7, 11) is -2.82. The number of benzene rings is 2. The molecule has 2 aliphatic rings. The van der Waals surface area contributed by atoms with Crippen LogP contribution < -0.4 is 9.46 Å². The quantitative estimate of drug-likeness (QED) is 0.571. The van der Waals surface area contributed by atoms with E-state index < -0.39 is 21.8 Å². The molecule has 2 aromatic rings. The second-order valence-electron chi connectivity index (χ2n) is 8.76. The van der Waals surface area contributed by atoms with Gasteiger partial charge in [0.25, 0.3) is 0 Å². The van der Waals surface area contributed by atoms with E-state index in [1.165, 1.54) is 36.3 Å². The summed E-state index contributed by atoms with van der Waals surface area (Å²) in [6, 6.07) is 8.54. The van der Waals surface area contributed by atoms with Crippen molar-refractivity contribution in [2.24, 2.45) is 11.8 Å². The smallest absolute Gasteiger partial charge is 0.416 e. The number of halogens is 3. The first-order valence-corrected chi connectivity index (χ1v) is 12.7. The van der Waals surface area contributed by atoms with Crippen LogP contribution in [0.15, 0.2) is 47.4 Å². The van der Waals surface area contributed by atoms with Crippen molar-refractivity contribution in [2.45, 2.75) is 49.8 Å². The highest BCUT2D eigenvalue weighted by atomic mass is 32.2. The van der Waals surface area contributed by atoms with Crippen LogP contribution in [0.5, 0.6) is 5.75 Å². The molecule has 188 valence electrons. The van der Waals surface area contributed by atoms with E-state index in [0.29, 0.717) is 24.0 Å². The minimum absolute atomic E-state index is 0.0456. The van der Waals surface area contributed by atoms with Gasteiger partial charge in [0.05, 0.1) is 31.1 Å². The minimum atomic E-state index is -4.48. The summed E-state index contributed by atoms with van der Waals surface area (Å²) < 4.78 is 71.8. The molecule has 4 rings (SSSR count). The molecule has 1 saturated carbocycles. The highest BCUT2D eigenvalue weighted by molar-refractivity contribution is 7.89. The molecular formula is C24H25F3N2O5S. The van der Waals surface area contributed by atoms with E-state index in [1.54, 1.807) is 6.07 Å². The highest BCUT2D eigenvalue weighted by Gasteiger charge is 2.48. The van der Waals surface area contributed by atoms with Gasteiger partial charge in [-0.25, -0.2) is 13.1 Å². The number of hydrogen-bond donors (Lipinski definition) is 1. The number of rotatable bonds is 7. The van der Waals surface area contributed by atoms with Crippen LogP contribution in [0.2, 0.25) is 0 Å². The number of amides is 2. The molecule has 1 N–H and O–H groups in total. The predicted octanol–water partition coefficient (Wildman–Crippen LogP) is 3.87. The molecule has 0 spiro atoms. The number of ether oxygens (including phenoxy) is 1. The Morgan fingerprint density at radius 2 is 1.54 bits per heavy atom. The van der Waals surface area contributed by atoms with Crippen LogP contribution in [0.3, 0.4) is 0 Å². The van der Waals surface area contributed by atoms with Gasteiger partial charge in [0.2, 0.25) is 21.8 Å². The van der Waals surface area contributed by atoms with Crippen LogP contribution in [0, 0.1) is 11.8 Å². The van der Waals surface area contributed by atoms with Gasteiger partial charge in [-0.05, 0) is 48.2 Å². The fourth-order valence-corrected chi connectivity index (χ4v) is 5.90. The Morgan fingerprint density at radius 3 is 2.09 bits per heavy atom. The Bertz CT molecular complexity index is 1200. The molecule has 7 nitrogen and oxygen atoms in total. The van der Waals surface area contributed by atoms with E-state index in [1.807, 2.05) is 0 Å². The molecule has 2 fully saturated rings. The first kappa shape index (κ1) is 25.2. The molecule has 2 atom stereocenters. The van der Waals surface area contributed by atoms with Gasteiger partial charge in [0, 0.05) is 6.54 Å². The number of nitrogens with one attached hydrogen (secondary N) is 1. The Balaban J connectivity index is 1.52. The standard InChI is InChI=1S/C24H25F3N2O5S/c1-34-20-11-8-16(14-29-22(30)18-4-2-3-5-19(18)23(29)31)12-21(20)35(32,33)28-13-15-6-9-17(10-7-15)24(25,26)27/h6-12,18-19,28H,2-5,13-14H2,1H3. The van der Waals surface area contributed by atoms with Crippen molar-refractivity contribution in [3.8, 4) is 5.75 Å². The molecule has 0 bridgehead atoms. The average molecular weight is 511 g/mol. The predicted molar refractivity (Wildman–Crippen MR) is 119 cm³/mol. The zero-order valence-corrected chi connectivity index (χ0v) is 19.8. The van der Waals surface area contributed by atoms with E-state index in [-0.39, 0.29) is 47.4 Å². The molecule has 35 heavy (non-hydrogen) atoms. The number of carbonyl (C=O) groups excluding carboxylic acids is 2. The number of sulfonamides is 1. The topological polar surface area (TPSA) is 92.8 Å². The molecule has 2 unspecified atom stereocenters. The van der Waals surface area contributed by atoms with Gasteiger partial charge in [-0.15, -0.1) is 0 Å². The average Bonchev–Trinajstić information content (AvgIpc) is 3.07. The zero-order valence-electron chi connectivity index (χ0n) is 19.0. The van der Waals surface area contributed by atoms with Crippen molar-refractivity contribution >= 4 is 21.8 Å². The van der Waals surface area contributed by atoms with Gasteiger partial charge in [0.1, 0.15) is 10.6 Å². The number of methoxy groups -OCH3 is 1. The molecule has 1 aliphatic carbocycles. The second-order valence-corrected chi connectivity index (χ2v) is 10.5. The molecule has 1 aliphatic heterocycles. The van der Waals surface area contributed by atoms with Gasteiger partial charge < -0.3 is 4.74 Å². The SMILES string of the molecule is COc1ccc(CN2C(=O)C3CCCCC3C2=O)cc1S(=O)(=O)NCc1ccc(C(F)(F)F)cc1. The summed E-state index contributed by atoms with van der Waals surface area (Å²) >= 11 is 0. The molecule has 2 amide bonds. The third-order valence-electron chi connectivity index (χ3n) is 6.54. The van der Waals surface area contributed by atoms with Crippen molar-refractivity contribution < 1.29 is 35.9 Å². The fraction of sp³-hybridized carbons (Fsp3) is 0.417.